The zero-order valence-corrected chi connectivity index (χ0v) is 9.42. The van der Waals surface area contributed by atoms with E-state index in [1.165, 1.54) is 12.1 Å². The first-order chi connectivity index (χ1) is 8.11. The lowest BCUT2D eigenvalue weighted by Crippen LogP contribution is -2.27. The summed E-state index contributed by atoms with van der Waals surface area (Å²) in [5.74, 6) is -0.311. The number of hydrogen-bond acceptors (Lipinski definition) is 5. The molecule has 1 heterocycles. The lowest BCUT2D eigenvalue weighted by Gasteiger charge is -2.11. The third-order valence-corrected chi connectivity index (χ3v) is 2.63. The lowest BCUT2D eigenvalue weighted by atomic mass is 9.79. The highest BCUT2D eigenvalue weighted by Gasteiger charge is 2.36. The number of hydrogen-bond donors (Lipinski definition) is 2. The second-order valence-corrected chi connectivity index (χ2v) is 3.80. The first-order valence-electron chi connectivity index (χ1n) is 5.43. The molecule has 0 bridgehead atoms. The highest BCUT2D eigenvalue weighted by Crippen LogP contribution is 2.28. The van der Waals surface area contributed by atoms with Crippen molar-refractivity contribution < 1.29 is 24.3 Å². The molecule has 5 nitrogen and oxygen atoms in total. The number of esters is 1. The van der Waals surface area contributed by atoms with Gasteiger partial charge in [0.05, 0.1) is 19.1 Å². The van der Waals surface area contributed by atoms with Crippen molar-refractivity contribution in [2.75, 3.05) is 6.61 Å². The Morgan fingerprint density at radius 3 is 3.06 bits per heavy atom. The molecule has 1 aromatic carbocycles. The van der Waals surface area contributed by atoms with E-state index in [-0.39, 0.29) is 18.1 Å². The number of rotatable bonds is 3. The van der Waals surface area contributed by atoms with E-state index in [4.69, 9.17) is 9.39 Å². The van der Waals surface area contributed by atoms with Crippen LogP contribution in [0.4, 0.5) is 0 Å². The SMILES string of the molecule is CCOC(=O)C[C@H]1OB(O)c2cc(O)ccc21. The van der Waals surface area contributed by atoms with Crippen molar-refractivity contribution in [2.45, 2.75) is 19.4 Å². The minimum atomic E-state index is -1.10. The Labute approximate surface area is 99.1 Å². The zero-order chi connectivity index (χ0) is 12.4. The third-order valence-electron chi connectivity index (χ3n) is 2.63. The second kappa shape index (κ2) is 4.77. The smallest absolute Gasteiger partial charge is 0.492 e. The number of phenolic OH excluding ortho intramolecular Hbond substituents is 1. The van der Waals surface area contributed by atoms with Crippen molar-refractivity contribution in [1.82, 2.24) is 0 Å². The monoisotopic (exact) mass is 236 g/mol. The van der Waals surface area contributed by atoms with Crippen molar-refractivity contribution in [3.05, 3.63) is 23.8 Å². The van der Waals surface area contributed by atoms with Crippen LogP contribution in [0.25, 0.3) is 0 Å². The molecule has 0 spiro atoms. The fourth-order valence-corrected chi connectivity index (χ4v) is 1.90. The van der Waals surface area contributed by atoms with Crippen molar-refractivity contribution in [3.8, 4) is 5.75 Å². The van der Waals surface area contributed by atoms with Gasteiger partial charge in [0.25, 0.3) is 0 Å². The van der Waals surface area contributed by atoms with Crippen LogP contribution in [0, 0.1) is 0 Å². The Kier molecular flexibility index (Phi) is 3.35. The number of carbonyl (C=O) groups excluding carboxylic acids is 1. The Morgan fingerprint density at radius 1 is 1.59 bits per heavy atom. The molecule has 2 N–H and O–H groups in total. The number of fused-ring (bicyclic) bond motifs is 1. The van der Waals surface area contributed by atoms with Crippen LogP contribution in [0.15, 0.2) is 18.2 Å². The quantitative estimate of drug-likeness (QED) is 0.575. The Balaban J connectivity index is 2.16. The molecule has 6 heteroatoms. The molecule has 1 aromatic rings. The number of aromatic hydroxyl groups is 1. The number of phenols is 1. The van der Waals surface area contributed by atoms with E-state index >= 15 is 0 Å². The van der Waals surface area contributed by atoms with Crippen LogP contribution in [0.3, 0.4) is 0 Å². The van der Waals surface area contributed by atoms with E-state index < -0.39 is 13.2 Å². The molecule has 1 atom stereocenters. The Bertz CT molecular complexity index is 434. The summed E-state index contributed by atoms with van der Waals surface area (Å²) >= 11 is 0. The van der Waals surface area contributed by atoms with Gasteiger partial charge in [0.15, 0.2) is 0 Å². The molecular formula is C11H13BO5. The van der Waals surface area contributed by atoms with Crippen LogP contribution in [0.1, 0.15) is 25.0 Å². The maximum atomic E-state index is 11.3. The minimum Gasteiger partial charge on any atom is -0.508 e. The average Bonchev–Trinajstić information content (AvgIpc) is 2.56. The minimum absolute atomic E-state index is 0.0582. The first-order valence-corrected chi connectivity index (χ1v) is 5.43. The second-order valence-electron chi connectivity index (χ2n) is 3.80. The van der Waals surface area contributed by atoms with E-state index in [0.29, 0.717) is 17.6 Å². The van der Waals surface area contributed by atoms with E-state index in [1.54, 1.807) is 13.0 Å². The fraction of sp³-hybridized carbons (Fsp3) is 0.364. The molecule has 0 saturated carbocycles. The van der Waals surface area contributed by atoms with E-state index in [0.717, 1.165) is 0 Å². The molecule has 0 saturated heterocycles. The normalized spacial score (nSPS) is 18.0. The number of ether oxygens (including phenoxy) is 1. The van der Waals surface area contributed by atoms with Gasteiger partial charge in [-0.2, -0.15) is 0 Å². The van der Waals surface area contributed by atoms with Gasteiger partial charge in [-0.15, -0.1) is 0 Å². The van der Waals surface area contributed by atoms with E-state index in [2.05, 4.69) is 0 Å². The van der Waals surface area contributed by atoms with Gasteiger partial charge in [-0.05, 0) is 30.1 Å². The number of carbonyl (C=O) groups is 1. The average molecular weight is 236 g/mol. The topological polar surface area (TPSA) is 76.0 Å². The van der Waals surface area contributed by atoms with Crippen LogP contribution in [-0.2, 0) is 14.2 Å². The van der Waals surface area contributed by atoms with Gasteiger partial charge in [-0.1, -0.05) is 6.07 Å². The van der Waals surface area contributed by atoms with Gasteiger partial charge < -0.3 is 19.5 Å². The highest BCUT2D eigenvalue weighted by atomic mass is 16.5. The van der Waals surface area contributed by atoms with Gasteiger partial charge in [0.2, 0.25) is 0 Å². The summed E-state index contributed by atoms with van der Waals surface area (Å²) in [4.78, 5) is 11.3. The van der Waals surface area contributed by atoms with Crippen LogP contribution in [0.5, 0.6) is 5.75 Å². The predicted octanol–water partition coefficient (Wildman–Crippen LogP) is 0.104. The molecule has 0 aromatic heterocycles. The van der Waals surface area contributed by atoms with Gasteiger partial charge in [0.1, 0.15) is 5.75 Å². The summed E-state index contributed by atoms with van der Waals surface area (Å²) in [5.41, 5.74) is 1.21. The summed E-state index contributed by atoms with van der Waals surface area (Å²) in [6.45, 7) is 2.05. The van der Waals surface area contributed by atoms with Crippen LogP contribution in [-0.4, -0.2) is 29.8 Å². The molecule has 90 valence electrons. The van der Waals surface area contributed by atoms with Crippen LogP contribution >= 0.6 is 0 Å². The summed E-state index contributed by atoms with van der Waals surface area (Å²) in [6, 6.07) is 4.58. The van der Waals surface area contributed by atoms with E-state index in [9.17, 15) is 14.9 Å². The molecule has 1 aliphatic rings. The molecule has 0 fully saturated rings. The molecule has 0 unspecified atom stereocenters. The Morgan fingerprint density at radius 2 is 2.35 bits per heavy atom. The van der Waals surface area contributed by atoms with E-state index in [1.807, 2.05) is 0 Å². The van der Waals surface area contributed by atoms with Crippen molar-refractivity contribution in [2.24, 2.45) is 0 Å². The fourth-order valence-electron chi connectivity index (χ4n) is 1.90. The molecule has 0 radical (unpaired) electrons. The van der Waals surface area contributed by atoms with Gasteiger partial charge in [-0.3, -0.25) is 4.79 Å². The molecule has 0 amide bonds. The summed E-state index contributed by atoms with van der Waals surface area (Å²) in [5, 5.41) is 18.9. The standard InChI is InChI=1S/C11H13BO5/c1-2-16-11(14)6-10-8-4-3-7(13)5-9(8)12(15)17-10/h3-5,10,13,15H,2,6H2,1H3/t10-/m1/s1. The largest absolute Gasteiger partial charge is 0.508 e. The van der Waals surface area contributed by atoms with Crippen LogP contribution in [0.2, 0.25) is 0 Å². The van der Waals surface area contributed by atoms with Crippen molar-refractivity contribution >= 4 is 18.6 Å². The molecule has 0 aliphatic carbocycles. The van der Waals surface area contributed by atoms with Crippen LogP contribution < -0.4 is 5.46 Å². The zero-order valence-electron chi connectivity index (χ0n) is 9.42. The summed E-state index contributed by atoms with van der Waals surface area (Å²) in [6.07, 6.45) is -0.456. The maximum Gasteiger partial charge on any atom is 0.492 e. The third kappa shape index (κ3) is 2.43. The predicted molar refractivity (Wildman–Crippen MR) is 60.8 cm³/mol. The number of benzene rings is 1. The molecule has 17 heavy (non-hydrogen) atoms. The summed E-state index contributed by atoms with van der Waals surface area (Å²) < 4.78 is 10.1. The molecular weight excluding hydrogens is 223 g/mol. The van der Waals surface area contributed by atoms with Crippen molar-refractivity contribution in [3.63, 3.8) is 0 Å². The maximum absolute atomic E-state index is 11.3. The van der Waals surface area contributed by atoms with Gasteiger partial charge in [-0.25, -0.2) is 0 Å². The van der Waals surface area contributed by atoms with Gasteiger partial charge >= 0.3 is 13.1 Å². The molecule has 1 aliphatic heterocycles. The van der Waals surface area contributed by atoms with Crippen molar-refractivity contribution in [1.29, 1.82) is 0 Å². The Hall–Kier alpha value is -1.53. The highest BCUT2D eigenvalue weighted by molar-refractivity contribution is 6.61. The van der Waals surface area contributed by atoms with Gasteiger partial charge in [0, 0.05) is 0 Å². The lowest BCUT2D eigenvalue weighted by molar-refractivity contribution is -0.145. The first kappa shape index (κ1) is 11.9. The molecule has 2 rings (SSSR count). The summed E-state index contributed by atoms with van der Waals surface area (Å²) in [7, 11) is -1.10.